The molecule has 0 radical (unpaired) electrons. The molecular weight excluding hydrogens is 404 g/mol. The molecule has 4 heterocycles. The van der Waals surface area contributed by atoms with Crippen molar-refractivity contribution in [2.45, 2.75) is 32.0 Å². The molecule has 156 valence electrons. The second kappa shape index (κ2) is 8.40. The number of furan rings is 1. The third kappa shape index (κ3) is 3.75. The zero-order valence-corrected chi connectivity index (χ0v) is 18.1. The summed E-state index contributed by atoms with van der Waals surface area (Å²) in [5.74, 6) is 0.916. The highest BCUT2D eigenvalue weighted by Gasteiger charge is 2.42. The fourth-order valence-electron chi connectivity index (χ4n) is 4.24. The first kappa shape index (κ1) is 19.6. The zero-order chi connectivity index (χ0) is 21.2. The molecule has 0 bridgehead atoms. The first-order valence-corrected chi connectivity index (χ1v) is 10.9. The normalized spacial score (nSPS) is 18.4. The van der Waals surface area contributed by atoms with Gasteiger partial charge in [0.25, 0.3) is 0 Å². The largest absolute Gasteiger partial charge is 0.467 e. The van der Waals surface area contributed by atoms with Crippen molar-refractivity contribution < 1.29 is 4.42 Å². The minimum absolute atomic E-state index is 0.0418. The van der Waals surface area contributed by atoms with Gasteiger partial charge in [-0.1, -0.05) is 25.1 Å². The molecule has 0 amide bonds. The molecule has 1 saturated heterocycles. The Bertz CT molecular complexity index is 1150. The SMILES string of the molecule is CCc1ccc(N2C(=S)NC(c3ccccn3)C2c2cccn2Cc2ccco2)cc1. The first-order valence-electron chi connectivity index (χ1n) is 10.5. The maximum atomic E-state index is 5.83. The van der Waals surface area contributed by atoms with Gasteiger partial charge in [-0.05, 0) is 72.7 Å². The summed E-state index contributed by atoms with van der Waals surface area (Å²) in [4.78, 5) is 6.85. The molecular formula is C25H24N4OS. The van der Waals surface area contributed by atoms with Crippen LogP contribution in [0.15, 0.2) is 89.8 Å². The van der Waals surface area contributed by atoms with Crippen LogP contribution in [0, 0.1) is 0 Å². The van der Waals surface area contributed by atoms with Crippen molar-refractivity contribution in [1.29, 1.82) is 0 Å². The summed E-state index contributed by atoms with van der Waals surface area (Å²) in [7, 11) is 0. The summed E-state index contributed by atoms with van der Waals surface area (Å²) in [5.41, 5.74) is 4.50. The predicted octanol–water partition coefficient (Wildman–Crippen LogP) is 5.26. The van der Waals surface area contributed by atoms with Crippen LogP contribution in [0.25, 0.3) is 0 Å². The van der Waals surface area contributed by atoms with E-state index in [-0.39, 0.29) is 12.1 Å². The molecule has 0 saturated carbocycles. The Kier molecular flexibility index (Phi) is 5.30. The van der Waals surface area contributed by atoms with Crippen molar-refractivity contribution in [3.05, 3.63) is 108 Å². The van der Waals surface area contributed by atoms with E-state index >= 15 is 0 Å². The van der Waals surface area contributed by atoms with Crippen molar-refractivity contribution in [1.82, 2.24) is 14.9 Å². The van der Waals surface area contributed by atoms with Gasteiger partial charge in [0.05, 0.1) is 24.5 Å². The lowest BCUT2D eigenvalue weighted by atomic mass is 10.0. The Morgan fingerprint density at radius 2 is 1.90 bits per heavy atom. The molecule has 6 heteroatoms. The molecule has 1 N–H and O–H groups in total. The number of nitrogens with one attached hydrogen (secondary N) is 1. The molecule has 5 nitrogen and oxygen atoms in total. The first-order chi connectivity index (χ1) is 15.2. The lowest BCUT2D eigenvalue weighted by molar-refractivity contribution is 0.475. The molecule has 0 aliphatic carbocycles. The Hall–Kier alpha value is -3.38. The van der Waals surface area contributed by atoms with E-state index in [0.29, 0.717) is 11.7 Å². The van der Waals surface area contributed by atoms with E-state index in [0.717, 1.165) is 29.3 Å². The number of hydrogen-bond acceptors (Lipinski definition) is 3. The molecule has 0 spiro atoms. The lowest BCUT2D eigenvalue weighted by Gasteiger charge is -2.29. The van der Waals surface area contributed by atoms with Gasteiger partial charge in [0.1, 0.15) is 11.8 Å². The van der Waals surface area contributed by atoms with Gasteiger partial charge < -0.3 is 19.2 Å². The molecule has 1 aromatic carbocycles. The molecule has 5 rings (SSSR count). The number of pyridine rings is 1. The number of aryl methyl sites for hydroxylation is 1. The minimum atomic E-state index is -0.0650. The summed E-state index contributed by atoms with van der Waals surface area (Å²) in [6, 6.07) is 22.7. The monoisotopic (exact) mass is 428 g/mol. The minimum Gasteiger partial charge on any atom is -0.467 e. The Morgan fingerprint density at radius 1 is 1.03 bits per heavy atom. The van der Waals surface area contributed by atoms with Crippen LogP contribution in [-0.4, -0.2) is 14.7 Å². The predicted molar refractivity (Wildman–Crippen MR) is 126 cm³/mol. The fraction of sp³-hybridized carbons (Fsp3) is 0.200. The quantitative estimate of drug-likeness (QED) is 0.424. The maximum Gasteiger partial charge on any atom is 0.174 e. The molecule has 3 aromatic heterocycles. The smallest absolute Gasteiger partial charge is 0.174 e. The van der Waals surface area contributed by atoms with Gasteiger partial charge in [-0.3, -0.25) is 4.98 Å². The van der Waals surface area contributed by atoms with Crippen LogP contribution in [0.2, 0.25) is 0 Å². The Morgan fingerprint density at radius 3 is 2.61 bits per heavy atom. The lowest BCUT2D eigenvalue weighted by Crippen LogP contribution is -2.30. The summed E-state index contributed by atoms with van der Waals surface area (Å²) < 4.78 is 7.83. The molecule has 1 aliphatic heterocycles. The number of anilines is 1. The van der Waals surface area contributed by atoms with E-state index < -0.39 is 0 Å². The summed E-state index contributed by atoms with van der Waals surface area (Å²) in [6.45, 7) is 2.83. The summed E-state index contributed by atoms with van der Waals surface area (Å²) >= 11 is 5.83. The second-order valence-corrected chi connectivity index (χ2v) is 8.04. The molecule has 2 unspecified atom stereocenters. The zero-order valence-electron chi connectivity index (χ0n) is 17.3. The number of hydrogen-bond donors (Lipinski definition) is 1. The molecule has 31 heavy (non-hydrogen) atoms. The second-order valence-electron chi connectivity index (χ2n) is 7.66. The Balaban J connectivity index is 1.59. The van der Waals surface area contributed by atoms with Crippen molar-refractivity contribution in [2.75, 3.05) is 4.90 Å². The van der Waals surface area contributed by atoms with E-state index in [1.807, 2.05) is 30.5 Å². The van der Waals surface area contributed by atoms with Crippen LogP contribution in [0.1, 0.15) is 41.7 Å². The average Bonchev–Trinajstić information content (AvgIpc) is 3.55. The van der Waals surface area contributed by atoms with Crippen LogP contribution in [0.4, 0.5) is 5.69 Å². The highest BCUT2D eigenvalue weighted by Crippen LogP contribution is 2.41. The summed E-state index contributed by atoms with van der Waals surface area (Å²) in [6.07, 6.45) is 6.64. The molecule has 4 aromatic rings. The van der Waals surface area contributed by atoms with Crippen LogP contribution in [0.5, 0.6) is 0 Å². The van der Waals surface area contributed by atoms with Crippen molar-refractivity contribution >= 4 is 23.0 Å². The van der Waals surface area contributed by atoms with Gasteiger partial charge in [0.2, 0.25) is 0 Å². The highest BCUT2D eigenvalue weighted by atomic mass is 32.1. The van der Waals surface area contributed by atoms with Crippen molar-refractivity contribution in [3.8, 4) is 0 Å². The van der Waals surface area contributed by atoms with Gasteiger partial charge in [-0.15, -0.1) is 0 Å². The summed E-state index contributed by atoms with van der Waals surface area (Å²) in [5, 5.41) is 4.23. The highest BCUT2D eigenvalue weighted by molar-refractivity contribution is 7.80. The third-order valence-corrected chi connectivity index (χ3v) is 6.11. The van der Waals surface area contributed by atoms with Gasteiger partial charge in [0, 0.05) is 23.8 Å². The van der Waals surface area contributed by atoms with E-state index in [1.54, 1.807) is 6.26 Å². The van der Waals surface area contributed by atoms with E-state index in [9.17, 15) is 0 Å². The number of nitrogens with zero attached hydrogens (tertiary/aromatic N) is 3. The third-order valence-electron chi connectivity index (χ3n) is 5.79. The van der Waals surface area contributed by atoms with Gasteiger partial charge in [-0.25, -0.2) is 0 Å². The van der Waals surface area contributed by atoms with Crippen molar-refractivity contribution in [3.63, 3.8) is 0 Å². The standard InChI is InChI=1S/C25H24N4OS/c1-2-18-10-12-19(13-11-18)29-24(23(27-25(29)31)21-8-3-4-14-26-21)22-9-5-15-28(22)17-20-7-6-16-30-20/h3-16,23-24H,2,17H2,1H3,(H,27,31). The number of thiocarbonyl (C=S) groups is 1. The van der Waals surface area contributed by atoms with E-state index in [4.69, 9.17) is 16.6 Å². The van der Waals surface area contributed by atoms with Crippen molar-refractivity contribution in [2.24, 2.45) is 0 Å². The number of aromatic nitrogens is 2. The van der Waals surface area contributed by atoms with Gasteiger partial charge >= 0.3 is 0 Å². The fourth-order valence-corrected chi connectivity index (χ4v) is 4.58. The van der Waals surface area contributed by atoms with Gasteiger partial charge in [0.15, 0.2) is 5.11 Å². The Labute approximate surface area is 187 Å². The molecule has 1 aliphatic rings. The van der Waals surface area contributed by atoms with Crippen LogP contribution < -0.4 is 10.2 Å². The maximum absolute atomic E-state index is 5.83. The van der Waals surface area contributed by atoms with Crippen LogP contribution >= 0.6 is 12.2 Å². The van der Waals surface area contributed by atoms with Crippen LogP contribution in [-0.2, 0) is 13.0 Å². The molecule has 1 fully saturated rings. The van der Waals surface area contributed by atoms with E-state index in [1.165, 1.54) is 5.56 Å². The topological polar surface area (TPSA) is 46.2 Å². The van der Waals surface area contributed by atoms with Crippen LogP contribution in [0.3, 0.4) is 0 Å². The van der Waals surface area contributed by atoms with Gasteiger partial charge in [-0.2, -0.15) is 0 Å². The van der Waals surface area contributed by atoms with E-state index in [2.05, 4.69) is 75.4 Å². The number of rotatable bonds is 6. The average molecular weight is 429 g/mol. The molecule has 2 atom stereocenters. The number of benzene rings is 1.